The molecule has 2 aromatic rings. The van der Waals surface area contributed by atoms with Crippen LogP contribution >= 0.6 is 0 Å². The van der Waals surface area contributed by atoms with Crippen LogP contribution < -0.4 is 5.32 Å². The first-order chi connectivity index (χ1) is 8.22. The highest BCUT2D eigenvalue weighted by Gasteiger charge is 2.08. The summed E-state index contributed by atoms with van der Waals surface area (Å²) in [5.74, 6) is 0.0475. The highest BCUT2D eigenvalue weighted by Crippen LogP contribution is 2.20. The summed E-state index contributed by atoms with van der Waals surface area (Å²) >= 11 is 0. The molecule has 0 aliphatic heterocycles. The van der Waals surface area contributed by atoms with Crippen molar-refractivity contribution >= 4 is 16.8 Å². The number of para-hydroxylation sites is 1. The van der Waals surface area contributed by atoms with Crippen molar-refractivity contribution in [2.45, 2.75) is 20.3 Å². The van der Waals surface area contributed by atoms with E-state index in [1.165, 1.54) is 0 Å². The minimum absolute atomic E-state index is 0.0475. The second-order valence-corrected chi connectivity index (χ2v) is 3.63. The molecule has 2 rings (SSSR count). The van der Waals surface area contributed by atoms with Crippen LogP contribution in [0.3, 0.4) is 0 Å². The lowest BCUT2D eigenvalue weighted by Gasteiger charge is -1.97. The Kier molecular flexibility index (Phi) is 4.76. The smallest absolute Gasteiger partial charge is 0.224 e. The van der Waals surface area contributed by atoms with Crippen LogP contribution in [-0.2, 0) is 18.3 Å². The fraction of sp³-hybridized carbons (Fsp3) is 0.357. The predicted octanol–water partition coefficient (Wildman–Crippen LogP) is 2.49. The molecule has 1 heterocycles. The third kappa shape index (κ3) is 2.87. The van der Waals surface area contributed by atoms with Gasteiger partial charge in [-0.25, -0.2) is 0 Å². The first-order valence-corrected chi connectivity index (χ1v) is 5.96. The fourth-order valence-corrected chi connectivity index (χ4v) is 1.83. The van der Waals surface area contributed by atoms with Crippen molar-refractivity contribution in [2.24, 2.45) is 7.05 Å². The Morgan fingerprint density at radius 1 is 1.29 bits per heavy atom. The third-order valence-corrected chi connectivity index (χ3v) is 2.61. The Morgan fingerprint density at radius 2 is 1.94 bits per heavy atom. The van der Waals surface area contributed by atoms with Crippen LogP contribution in [0.25, 0.3) is 10.9 Å². The Labute approximate surface area is 102 Å². The molecule has 0 saturated carbocycles. The molecule has 17 heavy (non-hydrogen) atoms. The number of benzene rings is 1. The van der Waals surface area contributed by atoms with Crippen molar-refractivity contribution < 1.29 is 4.79 Å². The normalized spacial score (nSPS) is 9.65. The standard InChI is InChI=1S/C12H14N2O.C2H6/c1-13-12(15)7-9-8-14(2)11-6-4-3-5-10(9)11;1-2/h3-6,8H,7H2,1-2H3,(H,13,15);1-2H3. The maximum Gasteiger partial charge on any atom is 0.224 e. The van der Waals surface area contributed by atoms with Crippen LogP contribution in [0.5, 0.6) is 0 Å². The zero-order valence-electron chi connectivity index (χ0n) is 10.9. The van der Waals surface area contributed by atoms with Gasteiger partial charge < -0.3 is 9.88 Å². The van der Waals surface area contributed by atoms with Gasteiger partial charge in [-0.1, -0.05) is 32.0 Å². The molecule has 0 aliphatic rings. The molecule has 92 valence electrons. The van der Waals surface area contributed by atoms with E-state index < -0.39 is 0 Å². The zero-order valence-corrected chi connectivity index (χ0v) is 10.9. The number of aromatic nitrogens is 1. The van der Waals surface area contributed by atoms with E-state index in [1.807, 2.05) is 49.9 Å². The fourth-order valence-electron chi connectivity index (χ4n) is 1.83. The van der Waals surface area contributed by atoms with Gasteiger partial charge in [-0.2, -0.15) is 0 Å². The molecule has 0 spiro atoms. The van der Waals surface area contributed by atoms with Gasteiger partial charge in [0, 0.05) is 31.2 Å². The number of hydrogen-bond donors (Lipinski definition) is 1. The van der Waals surface area contributed by atoms with E-state index in [0.717, 1.165) is 16.5 Å². The zero-order chi connectivity index (χ0) is 12.8. The largest absolute Gasteiger partial charge is 0.359 e. The van der Waals surface area contributed by atoms with E-state index in [0.29, 0.717) is 6.42 Å². The lowest BCUT2D eigenvalue weighted by Crippen LogP contribution is -2.19. The van der Waals surface area contributed by atoms with Crippen LogP contribution in [0.4, 0.5) is 0 Å². The summed E-state index contributed by atoms with van der Waals surface area (Å²) in [6.45, 7) is 4.00. The highest BCUT2D eigenvalue weighted by molar-refractivity contribution is 5.89. The minimum Gasteiger partial charge on any atom is -0.359 e. The van der Waals surface area contributed by atoms with E-state index in [1.54, 1.807) is 7.05 Å². The molecule has 1 N–H and O–H groups in total. The molecule has 3 heteroatoms. The van der Waals surface area contributed by atoms with Gasteiger partial charge in [-0.3, -0.25) is 4.79 Å². The van der Waals surface area contributed by atoms with E-state index in [4.69, 9.17) is 0 Å². The first kappa shape index (κ1) is 13.3. The predicted molar refractivity (Wildman–Crippen MR) is 72.0 cm³/mol. The Balaban J connectivity index is 0.000000686. The van der Waals surface area contributed by atoms with Gasteiger partial charge in [-0.05, 0) is 11.6 Å². The second kappa shape index (κ2) is 6.09. The van der Waals surface area contributed by atoms with Crippen molar-refractivity contribution in [3.8, 4) is 0 Å². The topological polar surface area (TPSA) is 34.0 Å². The number of amides is 1. The van der Waals surface area contributed by atoms with Crippen LogP contribution in [0.15, 0.2) is 30.5 Å². The molecule has 1 amide bonds. The molecule has 0 fully saturated rings. The van der Waals surface area contributed by atoms with Gasteiger partial charge in [0.25, 0.3) is 0 Å². The summed E-state index contributed by atoms with van der Waals surface area (Å²) in [6.07, 6.45) is 2.46. The summed E-state index contributed by atoms with van der Waals surface area (Å²) in [7, 11) is 3.66. The van der Waals surface area contributed by atoms with Gasteiger partial charge in [0.05, 0.1) is 6.42 Å². The van der Waals surface area contributed by atoms with Crippen LogP contribution in [-0.4, -0.2) is 17.5 Å². The van der Waals surface area contributed by atoms with E-state index in [9.17, 15) is 4.79 Å². The summed E-state index contributed by atoms with van der Waals surface area (Å²) in [6, 6.07) is 8.11. The second-order valence-electron chi connectivity index (χ2n) is 3.63. The van der Waals surface area contributed by atoms with Crippen molar-refractivity contribution in [3.63, 3.8) is 0 Å². The molecule has 1 aromatic carbocycles. The summed E-state index contributed by atoms with van der Waals surface area (Å²) < 4.78 is 2.05. The number of likely N-dealkylation sites (N-methyl/N-ethyl adjacent to an activating group) is 1. The van der Waals surface area contributed by atoms with Gasteiger partial charge in [0.15, 0.2) is 0 Å². The van der Waals surface area contributed by atoms with Crippen LogP contribution in [0.2, 0.25) is 0 Å². The molecule has 3 nitrogen and oxygen atoms in total. The van der Waals surface area contributed by atoms with Crippen molar-refractivity contribution in [1.29, 1.82) is 0 Å². The molecule has 0 atom stereocenters. The van der Waals surface area contributed by atoms with E-state index in [-0.39, 0.29) is 5.91 Å². The van der Waals surface area contributed by atoms with Crippen LogP contribution in [0, 0.1) is 0 Å². The average Bonchev–Trinajstić information content (AvgIpc) is 2.69. The monoisotopic (exact) mass is 232 g/mol. The molecule has 1 aromatic heterocycles. The summed E-state index contributed by atoms with van der Waals surface area (Å²) in [4.78, 5) is 11.3. The van der Waals surface area contributed by atoms with E-state index >= 15 is 0 Å². The van der Waals surface area contributed by atoms with Gasteiger partial charge in [0.2, 0.25) is 5.91 Å². The number of carbonyl (C=O) groups is 1. The Hall–Kier alpha value is -1.77. The molecule has 0 bridgehead atoms. The quantitative estimate of drug-likeness (QED) is 0.848. The lowest BCUT2D eigenvalue weighted by atomic mass is 10.1. The number of nitrogens with zero attached hydrogens (tertiary/aromatic N) is 1. The lowest BCUT2D eigenvalue weighted by molar-refractivity contribution is -0.119. The molecule has 0 unspecified atom stereocenters. The molecular weight excluding hydrogens is 212 g/mol. The number of hydrogen-bond acceptors (Lipinski definition) is 1. The maximum atomic E-state index is 11.3. The minimum atomic E-state index is 0.0475. The molecular formula is C14H20N2O. The third-order valence-electron chi connectivity index (χ3n) is 2.61. The van der Waals surface area contributed by atoms with Crippen molar-refractivity contribution in [1.82, 2.24) is 9.88 Å². The number of carbonyl (C=O) groups excluding carboxylic acids is 1. The number of fused-ring (bicyclic) bond motifs is 1. The summed E-state index contributed by atoms with van der Waals surface area (Å²) in [5.41, 5.74) is 2.24. The van der Waals surface area contributed by atoms with Crippen molar-refractivity contribution in [3.05, 3.63) is 36.0 Å². The number of aryl methyl sites for hydroxylation is 1. The van der Waals surface area contributed by atoms with Gasteiger partial charge in [0.1, 0.15) is 0 Å². The first-order valence-electron chi connectivity index (χ1n) is 5.96. The van der Waals surface area contributed by atoms with E-state index in [2.05, 4.69) is 11.4 Å². The number of rotatable bonds is 2. The Bertz CT molecular complexity index is 500. The molecule has 0 saturated heterocycles. The average molecular weight is 232 g/mol. The van der Waals surface area contributed by atoms with Gasteiger partial charge in [-0.15, -0.1) is 0 Å². The van der Waals surface area contributed by atoms with Crippen molar-refractivity contribution in [2.75, 3.05) is 7.05 Å². The van der Waals surface area contributed by atoms with Gasteiger partial charge >= 0.3 is 0 Å². The maximum absolute atomic E-state index is 11.3. The Morgan fingerprint density at radius 3 is 2.59 bits per heavy atom. The summed E-state index contributed by atoms with van der Waals surface area (Å²) in [5, 5.41) is 3.80. The highest BCUT2D eigenvalue weighted by atomic mass is 16.1. The van der Waals surface area contributed by atoms with Crippen LogP contribution in [0.1, 0.15) is 19.4 Å². The SMILES string of the molecule is CC.CNC(=O)Cc1cn(C)c2ccccc12. The number of nitrogens with one attached hydrogen (secondary N) is 1. The molecule has 0 radical (unpaired) electrons. The molecule has 0 aliphatic carbocycles.